The molecule has 2 rings (SSSR count). The lowest BCUT2D eigenvalue weighted by Crippen LogP contribution is -2.28. The van der Waals surface area contributed by atoms with E-state index in [9.17, 15) is 0 Å². The normalized spacial score (nSPS) is 11.4. The zero-order chi connectivity index (χ0) is 14.5. The van der Waals surface area contributed by atoms with Gasteiger partial charge in [0.15, 0.2) is 5.82 Å². The average Bonchev–Trinajstić information content (AvgIpc) is 2.81. The van der Waals surface area contributed by atoms with E-state index in [-0.39, 0.29) is 0 Å². The summed E-state index contributed by atoms with van der Waals surface area (Å²) in [4.78, 5) is 9.39. The highest BCUT2D eigenvalue weighted by atomic mass is 79.9. The van der Waals surface area contributed by atoms with Gasteiger partial charge in [-0.15, -0.1) is 0 Å². The van der Waals surface area contributed by atoms with E-state index in [1.807, 2.05) is 12.1 Å². The van der Waals surface area contributed by atoms with E-state index in [1.54, 1.807) is 0 Å². The van der Waals surface area contributed by atoms with Crippen molar-refractivity contribution in [3.63, 3.8) is 0 Å². The quantitative estimate of drug-likeness (QED) is 0.725. The molecule has 0 aliphatic carbocycles. The summed E-state index contributed by atoms with van der Waals surface area (Å²) in [5, 5.41) is 0.817. The summed E-state index contributed by atoms with van der Waals surface area (Å²) in [6, 6.07) is 6.14. The van der Waals surface area contributed by atoms with Gasteiger partial charge in [0.25, 0.3) is 0 Å². The van der Waals surface area contributed by atoms with Gasteiger partial charge < -0.3 is 14.2 Å². The van der Waals surface area contributed by atoms with Gasteiger partial charge >= 0.3 is 0 Å². The van der Waals surface area contributed by atoms with Crippen molar-refractivity contribution in [2.75, 3.05) is 38.6 Å². The number of alkyl halides is 1. The summed E-state index contributed by atoms with van der Waals surface area (Å²) in [6.07, 6.45) is 3.23. The molecule has 0 spiro atoms. The number of hydrogen-bond acceptors (Lipinski definition) is 3. The Labute approximate surface area is 129 Å². The topological polar surface area (TPSA) is 23.8 Å². The first-order valence-electron chi connectivity index (χ1n) is 7.09. The molecule has 4 nitrogen and oxygen atoms in total. The molecule has 0 aliphatic rings. The SMILES string of the molecule is CCN(CCCN(C)C)c1nc2ccccn2c1CBr. The Morgan fingerprint density at radius 1 is 1.25 bits per heavy atom. The lowest BCUT2D eigenvalue weighted by molar-refractivity contribution is 0.400. The summed E-state index contributed by atoms with van der Waals surface area (Å²) in [6.45, 7) is 5.32. The number of anilines is 1. The van der Waals surface area contributed by atoms with Crippen molar-refractivity contribution in [2.24, 2.45) is 0 Å². The number of rotatable bonds is 7. The molecule has 0 radical (unpaired) electrons. The molecule has 5 heteroatoms. The third-order valence-electron chi connectivity index (χ3n) is 3.45. The van der Waals surface area contributed by atoms with Crippen molar-refractivity contribution < 1.29 is 0 Å². The zero-order valence-electron chi connectivity index (χ0n) is 12.5. The molecule has 0 saturated carbocycles. The van der Waals surface area contributed by atoms with Crippen molar-refractivity contribution in [3.8, 4) is 0 Å². The maximum absolute atomic E-state index is 4.80. The molecular weight excluding hydrogens is 316 g/mol. The van der Waals surface area contributed by atoms with E-state index in [1.165, 1.54) is 5.69 Å². The average molecular weight is 339 g/mol. The summed E-state index contributed by atoms with van der Waals surface area (Å²) in [7, 11) is 4.23. The number of nitrogens with zero attached hydrogens (tertiary/aromatic N) is 4. The van der Waals surface area contributed by atoms with Crippen LogP contribution in [0.15, 0.2) is 24.4 Å². The van der Waals surface area contributed by atoms with Gasteiger partial charge in [-0.2, -0.15) is 0 Å². The predicted octanol–water partition coefficient (Wildman–Crippen LogP) is 3.01. The van der Waals surface area contributed by atoms with Gasteiger partial charge in [0.1, 0.15) is 5.65 Å². The number of hydrogen-bond donors (Lipinski definition) is 0. The highest BCUT2D eigenvalue weighted by molar-refractivity contribution is 9.08. The first kappa shape index (κ1) is 15.3. The fourth-order valence-corrected chi connectivity index (χ4v) is 2.92. The van der Waals surface area contributed by atoms with Gasteiger partial charge in [-0.25, -0.2) is 4.98 Å². The molecule has 0 aromatic carbocycles. The monoisotopic (exact) mass is 338 g/mol. The molecule has 0 atom stereocenters. The summed E-state index contributed by atoms with van der Waals surface area (Å²) in [5.41, 5.74) is 2.25. The van der Waals surface area contributed by atoms with Gasteiger partial charge in [-0.05, 0) is 46.1 Å². The van der Waals surface area contributed by atoms with Gasteiger partial charge in [0.05, 0.1) is 5.69 Å². The fraction of sp³-hybridized carbons (Fsp3) is 0.533. The van der Waals surface area contributed by atoms with E-state index in [0.29, 0.717) is 0 Å². The Kier molecular flexibility index (Phi) is 5.43. The molecule has 0 N–H and O–H groups in total. The molecule has 0 fully saturated rings. The highest BCUT2D eigenvalue weighted by Crippen LogP contribution is 2.24. The van der Waals surface area contributed by atoms with Crippen molar-refractivity contribution in [2.45, 2.75) is 18.7 Å². The highest BCUT2D eigenvalue weighted by Gasteiger charge is 2.16. The molecule has 20 heavy (non-hydrogen) atoms. The van der Waals surface area contributed by atoms with Crippen molar-refractivity contribution in [3.05, 3.63) is 30.1 Å². The summed E-state index contributed by atoms with van der Waals surface area (Å²) >= 11 is 3.60. The molecular formula is C15H23BrN4. The van der Waals surface area contributed by atoms with Gasteiger partial charge in [-0.1, -0.05) is 22.0 Å². The second-order valence-corrected chi connectivity index (χ2v) is 5.74. The van der Waals surface area contributed by atoms with Gasteiger partial charge in [0.2, 0.25) is 0 Å². The minimum Gasteiger partial charge on any atom is -0.355 e. The molecule has 2 aromatic heterocycles. The van der Waals surface area contributed by atoms with Crippen LogP contribution >= 0.6 is 15.9 Å². The fourth-order valence-electron chi connectivity index (χ4n) is 2.40. The number of aromatic nitrogens is 2. The van der Waals surface area contributed by atoms with E-state index in [0.717, 1.165) is 42.9 Å². The lowest BCUT2D eigenvalue weighted by Gasteiger charge is -2.22. The van der Waals surface area contributed by atoms with Crippen LogP contribution in [0, 0.1) is 0 Å². The molecule has 0 aliphatic heterocycles. The summed E-state index contributed by atoms with van der Waals surface area (Å²) < 4.78 is 2.17. The van der Waals surface area contributed by atoms with Crippen molar-refractivity contribution >= 4 is 27.4 Å². The Hall–Kier alpha value is -1.07. The Bertz CT molecular complexity index is 550. The van der Waals surface area contributed by atoms with Crippen LogP contribution < -0.4 is 4.90 Å². The molecule has 110 valence electrons. The molecule has 0 amide bonds. The van der Waals surface area contributed by atoms with Crippen LogP contribution in [0.25, 0.3) is 5.65 Å². The van der Waals surface area contributed by atoms with Crippen LogP contribution in [-0.4, -0.2) is 48.0 Å². The Balaban J connectivity index is 2.24. The number of halogens is 1. The third-order valence-corrected chi connectivity index (χ3v) is 3.98. The van der Waals surface area contributed by atoms with Gasteiger partial charge in [0, 0.05) is 24.6 Å². The Morgan fingerprint density at radius 3 is 2.70 bits per heavy atom. The number of fused-ring (bicyclic) bond motifs is 1. The van der Waals surface area contributed by atoms with E-state index in [2.05, 4.69) is 63.4 Å². The minimum absolute atomic E-state index is 0.817. The van der Waals surface area contributed by atoms with Crippen molar-refractivity contribution in [1.82, 2.24) is 14.3 Å². The number of imidazole rings is 1. The predicted molar refractivity (Wildman–Crippen MR) is 88.9 cm³/mol. The maximum Gasteiger partial charge on any atom is 0.152 e. The van der Waals surface area contributed by atoms with E-state index in [4.69, 9.17) is 4.98 Å². The largest absolute Gasteiger partial charge is 0.355 e. The van der Waals surface area contributed by atoms with Crippen LogP contribution in [0.3, 0.4) is 0 Å². The zero-order valence-corrected chi connectivity index (χ0v) is 14.1. The minimum atomic E-state index is 0.817. The molecule has 0 saturated heterocycles. The summed E-state index contributed by atoms with van der Waals surface area (Å²) in [5.74, 6) is 1.11. The standard InChI is InChI=1S/C15H23BrN4/c1-4-19(10-7-9-18(2)3)15-13(12-16)20-11-6-5-8-14(20)17-15/h5-6,8,11H,4,7,9-10,12H2,1-3H3. The van der Waals surface area contributed by atoms with Crippen LogP contribution in [0.1, 0.15) is 19.0 Å². The smallest absolute Gasteiger partial charge is 0.152 e. The second kappa shape index (κ2) is 7.09. The van der Waals surface area contributed by atoms with Crippen LogP contribution in [0.2, 0.25) is 0 Å². The molecule has 2 aromatic rings. The molecule has 0 bridgehead atoms. The van der Waals surface area contributed by atoms with Gasteiger partial charge in [-0.3, -0.25) is 0 Å². The van der Waals surface area contributed by atoms with Crippen LogP contribution in [-0.2, 0) is 5.33 Å². The molecule has 0 unspecified atom stereocenters. The molecule has 2 heterocycles. The first-order chi connectivity index (χ1) is 9.67. The maximum atomic E-state index is 4.80. The third kappa shape index (κ3) is 3.33. The van der Waals surface area contributed by atoms with E-state index >= 15 is 0 Å². The lowest BCUT2D eigenvalue weighted by atomic mass is 10.3. The number of pyridine rings is 1. The van der Waals surface area contributed by atoms with Crippen LogP contribution in [0.5, 0.6) is 0 Å². The first-order valence-corrected chi connectivity index (χ1v) is 8.21. The van der Waals surface area contributed by atoms with Crippen molar-refractivity contribution in [1.29, 1.82) is 0 Å². The Morgan fingerprint density at radius 2 is 2.05 bits per heavy atom. The van der Waals surface area contributed by atoms with E-state index < -0.39 is 0 Å². The second-order valence-electron chi connectivity index (χ2n) is 5.18. The van der Waals surface area contributed by atoms with Crippen LogP contribution in [0.4, 0.5) is 5.82 Å².